The van der Waals surface area contributed by atoms with Gasteiger partial charge in [-0.2, -0.15) is 0 Å². The number of aliphatic hydroxyl groups is 2. The third-order valence-corrected chi connectivity index (χ3v) is 5.31. The third-order valence-electron chi connectivity index (χ3n) is 5.31. The maximum atomic E-state index is 12.2. The molecule has 6 N–H and O–H groups in total. The van der Waals surface area contributed by atoms with Crippen LogP contribution in [0.2, 0.25) is 0 Å². The van der Waals surface area contributed by atoms with E-state index in [-0.39, 0.29) is 24.3 Å². The van der Waals surface area contributed by atoms with Crippen molar-refractivity contribution >= 4 is 5.91 Å². The average Bonchev–Trinajstić information content (AvgIpc) is 3.39. The zero-order chi connectivity index (χ0) is 16.8. The maximum Gasteiger partial charge on any atom is 0.328 e. The molecule has 2 aliphatic rings. The zero-order valence-corrected chi connectivity index (χ0v) is 13.9. The van der Waals surface area contributed by atoms with Gasteiger partial charge in [-0.1, -0.05) is 32.1 Å². The second kappa shape index (κ2) is 8.79. The van der Waals surface area contributed by atoms with E-state index in [1.54, 1.807) is 0 Å². The van der Waals surface area contributed by atoms with Crippen LogP contribution in [0.1, 0.15) is 57.8 Å². The number of amides is 1. The van der Waals surface area contributed by atoms with E-state index in [0.717, 1.165) is 32.1 Å². The van der Waals surface area contributed by atoms with Crippen LogP contribution < -0.4 is 11.1 Å². The highest BCUT2D eigenvalue weighted by molar-refractivity contribution is 5.72. The van der Waals surface area contributed by atoms with Gasteiger partial charge in [0.15, 0.2) is 0 Å². The predicted molar refractivity (Wildman–Crippen MR) is 88.1 cm³/mol. The number of hydrogen-bond donors (Lipinski definition) is 4. The molecule has 1 amide bonds. The van der Waals surface area contributed by atoms with Gasteiger partial charge < -0.3 is 15.9 Å². The van der Waals surface area contributed by atoms with E-state index >= 15 is 0 Å². The number of primary amides is 1. The van der Waals surface area contributed by atoms with Crippen LogP contribution in [0.15, 0.2) is 0 Å². The Balaban J connectivity index is 1.97. The topological polar surface area (TPSA) is 100 Å². The number of carbonyl (C=O) groups is 1. The molecule has 5 nitrogen and oxygen atoms in total. The van der Waals surface area contributed by atoms with Crippen LogP contribution in [0.25, 0.3) is 0 Å². The van der Waals surface area contributed by atoms with Crippen molar-refractivity contribution in [1.82, 2.24) is 0 Å². The Kier molecular flexibility index (Phi) is 7.04. The standard InChI is InChI=1S/C18H30N2O3/c1-2-6-14(19)18(23)20-15(11-12-7-4-3-5-8-12)17(22)16(21)13-9-10-13/h1,12-17,21-22H,3-11,19H2,(H,20,23)/p+1/t14?,15?,16-,17?/m0/s1. The molecule has 0 aliphatic heterocycles. The van der Waals surface area contributed by atoms with Crippen molar-refractivity contribution in [3.05, 3.63) is 0 Å². The van der Waals surface area contributed by atoms with Crippen molar-refractivity contribution in [3.8, 4) is 12.3 Å². The second-order valence-corrected chi connectivity index (χ2v) is 7.31. The minimum absolute atomic E-state index is 0.182. The normalized spacial score (nSPS) is 24.4. The van der Waals surface area contributed by atoms with Gasteiger partial charge in [0.1, 0.15) is 18.2 Å². The van der Waals surface area contributed by atoms with E-state index in [2.05, 4.69) is 5.92 Å². The van der Waals surface area contributed by atoms with Crippen LogP contribution >= 0.6 is 0 Å². The highest BCUT2D eigenvalue weighted by atomic mass is 16.3. The number of aliphatic hydroxyl groups excluding tert-OH is 2. The van der Waals surface area contributed by atoms with Gasteiger partial charge in [-0.15, -0.1) is 12.3 Å². The van der Waals surface area contributed by atoms with Gasteiger partial charge in [0, 0.05) is 12.8 Å². The molecule has 5 heteroatoms. The molecule has 2 saturated carbocycles. The van der Waals surface area contributed by atoms with Crippen molar-refractivity contribution in [2.75, 3.05) is 0 Å². The van der Waals surface area contributed by atoms with Gasteiger partial charge in [-0.25, -0.2) is 4.79 Å². The summed E-state index contributed by atoms with van der Waals surface area (Å²) >= 11 is 0. The fourth-order valence-corrected chi connectivity index (χ4v) is 3.65. The quantitative estimate of drug-likeness (QED) is 0.469. The fraction of sp³-hybridized carbons (Fsp3) is 0.833. The molecule has 0 aromatic carbocycles. The lowest BCUT2D eigenvalue weighted by Crippen LogP contribution is -2.98. The van der Waals surface area contributed by atoms with Crippen molar-refractivity contribution in [2.45, 2.75) is 82.1 Å². The Bertz CT molecular complexity index is 424. The van der Waals surface area contributed by atoms with Crippen molar-refractivity contribution in [2.24, 2.45) is 17.6 Å². The monoisotopic (exact) mass is 323 g/mol. The summed E-state index contributed by atoms with van der Waals surface area (Å²) in [5.74, 6) is 2.89. The molecule has 0 saturated heterocycles. The van der Waals surface area contributed by atoms with E-state index < -0.39 is 18.2 Å². The summed E-state index contributed by atoms with van der Waals surface area (Å²) in [5.41, 5.74) is 5.79. The summed E-state index contributed by atoms with van der Waals surface area (Å²) in [6, 6.07) is -1.04. The minimum Gasteiger partial charge on any atom is -0.390 e. The van der Waals surface area contributed by atoms with Gasteiger partial charge in [-0.3, -0.25) is 5.32 Å². The molecule has 0 bridgehead atoms. The summed E-state index contributed by atoms with van der Waals surface area (Å²) in [5, 5.41) is 22.4. The SMILES string of the molecule is C#CCC(N)C(=O)[NH2+]C(CC1CCCCC1)C(O)[C@@H](O)C1CC1. The predicted octanol–water partition coefficient (Wildman–Crippen LogP) is -0.102. The molecule has 23 heavy (non-hydrogen) atoms. The zero-order valence-electron chi connectivity index (χ0n) is 13.9. The van der Waals surface area contributed by atoms with Crippen molar-refractivity contribution < 1.29 is 20.3 Å². The molecule has 0 aromatic heterocycles. The molecule has 130 valence electrons. The molecular weight excluding hydrogens is 292 g/mol. The lowest BCUT2D eigenvalue weighted by molar-refractivity contribution is -0.620. The Morgan fingerprint density at radius 2 is 1.87 bits per heavy atom. The van der Waals surface area contributed by atoms with Crippen molar-refractivity contribution in [3.63, 3.8) is 0 Å². The molecule has 0 radical (unpaired) electrons. The number of hydrogen-bond acceptors (Lipinski definition) is 4. The van der Waals surface area contributed by atoms with Crippen LogP contribution in [-0.4, -0.2) is 40.4 Å². The molecule has 2 rings (SSSR count). The van der Waals surface area contributed by atoms with Gasteiger partial charge in [-0.05, 0) is 24.7 Å². The first-order valence-electron chi connectivity index (χ1n) is 8.96. The third kappa shape index (κ3) is 5.58. The van der Waals surface area contributed by atoms with Gasteiger partial charge in [0.05, 0.1) is 6.10 Å². The summed E-state index contributed by atoms with van der Waals surface area (Å²) in [4.78, 5) is 12.2. The molecule has 4 atom stereocenters. The van der Waals surface area contributed by atoms with Crippen LogP contribution in [0.4, 0.5) is 0 Å². The summed E-state index contributed by atoms with van der Waals surface area (Å²) in [7, 11) is 0. The van der Waals surface area contributed by atoms with Crippen LogP contribution in [0.3, 0.4) is 0 Å². The number of rotatable bonds is 8. The van der Waals surface area contributed by atoms with E-state index in [9.17, 15) is 15.0 Å². The minimum atomic E-state index is -0.883. The Hall–Kier alpha value is -0.930. The molecule has 0 aromatic rings. The molecule has 2 aliphatic carbocycles. The summed E-state index contributed by atoms with van der Waals surface area (Å²) < 4.78 is 0. The lowest BCUT2D eigenvalue weighted by Gasteiger charge is -2.30. The highest BCUT2D eigenvalue weighted by Gasteiger charge is 2.41. The van der Waals surface area contributed by atoms with E-state index in [1.807, 2.05) is 0 Å². The lowest BCUT2D eigenvalue weighted by atomic mass is 9.82. The van der Waals surface area contributed by atoms with Gasteiger partial charge >= 0.3 is 5.91 Å². The summed E-state index contributed by atoms with van der Waals surface area (Å²) in [6.45, 7) is 0. The van der Waals surface area contributed by atoms with E-state index in [1.165, 1.54) is 24.6 Å². The molecule has 3 unspecified atom stereocenters. The molecule has 2 fully saturated rings. The Morgan fingerprint density at radius 1 is 1.22 bits per heavy atom. The molecule has 0 heterocycles. The van der Waals surface area contributed by atoms with Crippen molar-refractivity contribution in [1.29, 1.82) is 0 Å². The van der Waals surface area contributed by atoms with Gasteiger partial charge in [0.2, 0.25) is 0 Å². The Labute approximate surface area is 139 Å². The molecule has 0 spiro atoms. The van der Waals surface area contributed by atoms with Crippen LogP contribution in [-0.2, 0) is 4.79 Å². The van der Waals surface area contributed by atoms with E-state index in [4.69, 9.17) is 12.2 Å². The number of terminal acetylenes is 1. The number of quaternary nitrogens is 1. The fourth-order valence-electron chi connectivity index (χ4n) is 3.65. The first-order valence-corrected chi connectivity index (χ1v) is 8.96. The maximum absolute atomic E-state index is 12.2. The first-order chi connectivity index (χ1) is 11.0. The first kappa shape index (κ1) is 18.4. The summed E-state index contributed by atoms with van der Waals surface area (Å²) in [6.07, 6.45) is 12.4. The van der Waals surface area contributed by atoms with E-state index in [0.29, 0.717) is 5.92 Å². The van der Waals surface area contributed by atoms with Crippen LogP contribution in [0, 0.1) is 24.2 Å². The van der Waals surface area contributed by atoms with Crippen LogP contribution in [0.5, 0.6) is 0 Å². The largest absolute Gasteiger partial charge is 0.390 e. The molecular formula is C18H31N2O3+. The van der Waals surface area contributed by atoms with Gasteiger partial charge in [0.25, 0.3) is 0 Å². The number of nitrogens with two attached hydrogens (primary N) is 2. The second-order valence-electron chi connectivity index (χ2n) is 7.31. The average molecular weight is 323 g/mol. The Morgan fingerprint density at radius 3 is 2.43 bits per heavy atom. The highest BCUT2D eigenvalue weighted by Crippen LogP contribution is 2.35. The number of carbonyl (C=O) groups excluding carboxylic acids is 1. The smallest absolute Gasteiger partial charge is 0.328 e.